The second-order valence-corrected chi connectivity index (χ2v) is 4.07. The molecule has 0 radical (unpaired) electrons. The molecule has 94 valence electrons. The Balaban J connectivity index is 2.41. The molecule has 0 unspecified atom stereocenters. The Kier molecular flexibility index (Phi) is 4.23. The molecule has 2 aromatic rings. The van der Waals surface area contributed by atoms with Gasteiger partial charge in [0.1, 0.15) is 12.1 Å². The van der Waals surface area contributed by atoms with Crippen molar-refractivity contribution in [1.82, 2.24) is 15.0 Å². The largest absolute Gasteiger partial charge is 0.370 e. The van der Waals surface area contributed by atoms with E-state index in [0.29, 0.717) is 0 Å². The van der Waals surface area contributed by atoms with E-state index in [1.807, 2.05) is 18.3 Å². The quantitative estimate of drug-likeness (QED) is 0.875. The van der Waals surface area contributed by atoms with E-state index in [2.05, 4.69) is 34.1 Å². The zero-order valence-corrected chi connectivity index (χ0v) is 10.8. The Morgan fingerprint density at radius 3 is 2.78 bits per heavy atom. The molecule has 0 saturated carbocycles. The van der Waals surface area contributed by atoms with E-state index in [1.54, 1.807) is 12.5 Å². The van der Waals surface area contributed by atoms with Crippen LogP contribution >= 0.6 is 0 Å². The predicted octanol–water partition coefficient (Wildman–Crippen LogP) is 2.92. The van der Waals surface area contributed by atoms with E-state index in [4.69, 9.17) is 0 Å². The maximum absolute atomic E-state index is 4.40. The summed E-state index contributed by atoms with van der Waals surface area (Å²) in [7, 11) is 0. The first-order valence-electron chi connectivity index (χ1n) is 6.35. The molecule has 1 N–H and O–H groups in total. The van der Waals surface area contributed by atoms with Crippen LogP contribution in [-0.4, -0.2) is 21.5 Å². The van der Waals surface area contributed by atoms with Gasteiger partial charge in [-0.05, 0) is 25.0 Å². The van der Waals surface area contributed by atoms with Gasteiger partial charge in [0.2, 0.25) is 0 Å². The van der Waals surface area contributed by atoms with E-state index in [0.717, 1.165) is 42.0 Å². The summed E-state index contributed by atoms with van der Waals surface area (Å²) in [6.07, 6.45) is 7.20. The number of pyridine rings is 1. The summed E-state index contributed by atoms with van der Waals surface area (Å²) in [5.74, 6) is 0.938. The van der Waals surface area contributed by atoms with Gasteiger partial charge in [-0.3, -0.25) is 4.98 Å². The van der Waals surface area contributed by atoms with Gasteiger partial charge in [-0.1, -0.05) is 13.8 Å². The lowest BCUT2D eigenvalue weighted by atomic mass is 10.1. The fourth-order valence-corrected chi connectivity index (χ4v) is 1.89. The van der Waals surface area contributed by atoms with Crippen molar-refractivity contribution in [3.8, 4) is 11.3 Å². The zero-order valence-electron chi connectivity index (χ0n) is 10.8. The van der Waals surface area contributed by atoms with Gasteiger partial charge in [0, 0.05) is 30.1 Å². The molecule has 2 aromatic heterocycles. The van der Waals surface area contributed by atoms with Crippen molar-refractivity contribution < 1.29 is 0 Å². The van der Waals surface area contributed by atoms with Crippen LogP contribution in [0.2, 0.25) is 0 Å². The van der Waals surface area contributed by atoms with Gasteiger partial charge < -0.3 is 5.32 Å². The number of nitrogens with one attached hydrogen (secondary N) is 1. The van der Waals surface area contributed by atoms with Crippen molar-refractivity contribution in [2.24, 2.45) is 0 Å². The van der Waals surface area contributed by atoms with Crippen LogP contribution in [0.1, 0.15) is 25.8 Å². The molecule has 4 nitrogen and oxygen atoms in total. The van der Waals surface area contributed by atoms with Gasteiger partial charge in [-0.25, -0.2) is 9.97 Å². The number of rotatable bonds is 5. The first-order chi connectivity index (χ1) is 8.86. The van der Waals surface area contributed by atoms with E-state index < -0.39 is 0 Å². The summed E-state index contributed by atoms with van der Waals surface area (Å²) in [5.41, 5.74) is 3.16. The summed E-state index contributed by atoms with van der Waals surface area (Å²) < 4.78 is 0. The number of nitrogens with zero attached hydrogens (tertiary/aromatic N) is 3. The lowest BCUT2D eigenvalue weighted by Crippen LogP contribution is -2.07. The van der Waals surface area contributed by atoms with Crippen LogP contribution in [0, 0.1) is 0 Å². The standard InChI is InChI=1S/C14H18N4/c1-3-7-16-14-12(4-2)13(17-10-18-14)11-6-5-8-15-9-11/h5-6,8-10H,3-4,7H2,1-2H3,(H,16,17,18). The lowest BCUT2D eigenvalue weighted by Gasteiger charge is -2.12. The molecule has 0 aromatic carbocycles. The van der Waals surface area contributed by atoms with Gasteiger partial charge in [-0.2, -0.15) is 0 Å². The van der Waals surface area contributed by atoms with Crippen molar-refractivity contribution in [3.63, 3.8) is 0 Å². The number of anilines is 1. The molecule has 0 aliphatic heterocycles. The average molecular weight is 242 g/mol. The average Bonchev–Trinajstić information content (AvgIpc) is 2.45. The minimum Gasteiger partial charge on any atom is -0.370 e. The maximum Gasteiger partial charge on any atom is 0.133 e. The third-order valence-electron chi connectivity index (χ3n) is 2.78. The Labute approximate surface area is 108 Å². The molecule has 0 saturated heterocycles. The minimum atomic E-state index is 0.900. The number of hydrogen-bond donors (Lipinski definition) is 1. The van der Waals surface area contributed by atoms with E-state index in [1.165, 1.54) is 0 Å². The van der Waals surface area contributed by atoms with E-state index in [9.17, 15) is 0 Å². The van der Waals surface area contributed by atoms with Crippen LogP contribution in [0.5, 0.6) is 0 Å². The van der Waals surface area contributed by atoms with Crippen LogP contribution in [0.4, 0.5) is 5.82 Å². The van der Waals surface area contributed by atoms with Crippen LogP contribution in [0.15, 0.2) is 30.9 Å². The Hall–Kier alpha value is -1.97. The first kappa shape index (κ1) is 12.5. The first-order valence-corrected chi connectivity index (χ1v) is 6.35. The highest BCUT2D eigenvalue weighted by Crippen LogP contribution is 2.25. The van der Waals surface area contributed by atoms with Gasteiger partial charge in [-0.15, -0.1) is 0 Å². The second kappa shape index (κ2) is 6.10. The molecule has 18 heavy (non-hydrogen) atoms. The molecule has 0 bridgehead atoms. The van der Waals surface area contributed by atoms with Crippen molar-refractivity contribution in [3.05, 3.63) is 36.4 Å². The SMILES string of the molecule is CCCNc1ncnc(-c2cccnc2)c1CC. The van der Waals surface area contributed by atoms with Crippen molar-refractivity contribution in [2.75, 3.05) is 11.9 Å². The van der Waals surface area contributed by atoms with Gasteiger partial charge in [0.15, 0.2) is 0 Å². The molecule has 0 atom stereocenters. The Morgan fingerprint density at radius 1 is 1.22 bits per heavy atom. The minimum absolute atomic E-state index is 0.900. The molecule has 0 amide bonds. The summed E-state index contributed by atoms with van der Waals surface area (Å²) >= 11 is 0. The van der Waals surface area contributed by atoms with Crippen molar-refractivity contribution in [1.29, 1.82) is 0 Å². The highest BCUT2D eigenvalue weighted by molar-refractivity contribution is 5.67. The molecular formula is C14H18N4. The van der Waals surface area contributed by atoms with Crippen molar-refractivity contribution in [2.45, 2.75) is 26.7 Å². The van der Waals surface area contributed by atoms with Crippen molar-refractivity contribution >= 4 is 5.82 Å². The third kappa shape index (κ3) is 2.64. The summed E-state index contributed by atoms with van der Waals surface area (Å²) in [6.45, 7) is 5.19. The lowest BCUT2D eigenvalue weighted by molar-refractivity contribution is 0.949. The second-order valence-electron chi connectivity index (χ2n) is 4.07. The van der Waals surface area contributed by atoms with E-state index in [-0.39, 0.29) is 0 Å². The normalized spacial score (nSPS) is 10.3. The fourth-order valence-electron chi connectivity index (χ4n) is 1.89. The van der Waals surface area contributed by atoms with Gasteiger partial charge in [0.25, 0.3) is 0 Å². The van der Waals surface area contributed by atoms with Gasteiger partial charge >= 0.3 is 0 Å². The van der Waals surface area contributed by atoms with E-state index >= 15 is 0 Å². The molecule has 0 aliphatic carbocycles. The topological polar surface area (TPSA) is 50.7 Å². The molecule has 0 fully saturated rings. The molecule has 4 heteroatoms. The molecule has 2 heterocycles. The number of aromatic nitrogens is 3. The molecule has 2 rings (SSSR count). The summed E-state index contributed by atoms with van der Waals surface area (Å²) in [6, 6.07) is 3.95. The van der Waals surface area contributed by atoms with Crippen LogP contribution < -0.4 is 5.32 Å². The number of hydrogen-bond acceptors (Lipinski definition) is 4. The third-order valence-corrected chi connectivity index (χ3v) is 2.78. The zero-order chi connectivity index (χ0) is 12.8. The smallest absolute Gasteiger partial charge is 0.133 e. The predicted molar refractivity (Wildman–Crippen MR) is 73.4 cm³/mol. The highest BCUT2D eigenvalue weighted by atomic mass is 15.0. The Bertz CT molecular complexity index is 496. The van der Waals surface area contributed by atoms with Crippen LogP contribution in [-0.2, 0) is 6.42 Å². The fraction of sp³-hybridized carbons (Fsp3) is 0.357. The molecule has 0 aliphatic rings. The maximum atomic E-state index is 4.40. The highest BCUT2D eigenvalue weighted by Gasteiger charge is 2.10. The molecular weight excluding hydrogens is 224 g/mol. The summed E-state index contributed by atoms with van der Waals surface area (Å²) in [4.78, 5) is 12.9. The molecule has 0 spiro atoms. The van der Waals surface area contributed by atoms with Crippen LogP contribution in [0.25, 0.3) is 11.3 Å². The Morgan fingerprint density at radius 2 is 2.11 bits per heavy atom. The summed E-state index contributed by atoms with van der Waals surface area (Å²) in [5, 5.41) is 3.35. The van der Waals surface area contributed by atoms with Gasteiger partial charge in [0.05, 0.1) is 5.69 Å². The monoisotopic (exact) mass is 242 g/mol. The van der Waals surface area contributed by atoms with Crippen LogP contribution in [0.3, 0.4) is 0 Å².